The lowest BCUT2D eigenvalue weighted by Crippen LogP contribution is -2.40. The second-order valence-corrected chi connectivity index (χ2v) is 5.06. The lowest BCUT2D eigenvalue weighted by molar-refractivity contribution is -0.384. The van der Waals surface area contributed by atoms with Gasteiger partial charge in [0.1, 0.15) is 5.82 Å². The largest absolute Gasteiger partial charge is 0.350 e. The van der Waals surface area contributed by atoms with Crippen LogP contribution in [0, 0.1) is 15.9 Å². The summed E-state index contributed by atoms with van der Waals surface area (Å²) in [7, 11) is 0. The van der Waals surface area contributed by atoms with E-state index >= 15 is 0 Å². The molecule has 0 bridgehead atoms. The molecule has 7 heteroatoms. The number of nitro groups is 1. The minimum absolute atomic E-state index is 0.251. The maximum absolute atomic E-state index is 13.6. The van der Waals surface area contributed by atoms with E-state index in [0.29, 0.717) is 6.54 Å². The Balaban J connectivity index is 2.03. The van der Waals surface area contributed by atoms with Gasteiger partial charge in [0, 0.05) is 24.7 Å². The topological polar surface area (TPSA) is 75.5 Å². The number of nitrogens with one attached hydrogen (secondary N) is 1. The van der Waals surface area contributed by atoms with Crippen molar-refractivity contribution < 1.29 is 14.1 Å². The van der Waals surface area contributed by atoms with Crippen molar-refractivity contribution in [2.45, 2.75) is 25.8 Å². The lowest BCUT2D eigenvalue weighted by atomic mass is 10.1. The van der Waals surface area contributed by atoms with Crippen LogP contribution in [0.3, 0.4) is 0 Å². The first-order valence-corrected chi connectivity index (χ1v) is 6.99. The number of likely N-dealkylation sites (N-methyl/N-ethyl adjacent to an activating group) is 1. The number of nitrogens with zero attached hydrogens (tertiary/aromatic N) is 2. The van der Waals surface area contributed by atoms with Crippen molar-refractivity contribution in [3.8, 4) is 0 Å². The Morgan fingerprint density at radius 1 is 1.57 bits per heavy atom. The van der Waals surface area contributed by atoms with Gasteiger partial charge in [-0.1, -0.05) is 6.92 Å². The number of nitro benzene ring substituents is 1. The van der Waals surface area contributed by atoms with Gasteiger partial charge in [0.15, 0.2) is 0 Å². The van der Waals surface area contributed by atoms with Crippen LogP contribution in [0.4, 0.5) is 10.1 Å². The Labute approximate surface area is 122 Å². The Bertz CT molecular complexity index is 550. The van der Waals surface area contributed by atoms with Gasteiger partial charge < -0.3 is 5.32 Å². The zero-order valence-electron chi connectivity index (χ0n) is 11.8. The van der Waals surface area contributed by atoms with Gasteiger partial charge in [0.25, 0.3) is 11.6 Å². The number of halogens is 1. The average Bonchev–Trinajstić information content (AvgIpc) is 2.92. The number of hydrogen-bond acceptors (Lipinski definition) is 4. The summed E-state index contributed by atoms with van der Waals surface area (Å²) in [5.41, 5.74) is -0.581. The summed E-state index contributed by atoms with van der Waals surface area (Å²) in [5, 5.41) is 13.3. The van der Waals surface area contributed by atoms with E-state index in [9.17, 15) is 19.3 Å². The van der Waals surface area contributed by atoms with Crippen LogP contribution in [0.2, 0.25) is 0 Å². The van der Waals surface area contributed by atoms with Crippen molar-refractivity contribution in [2.75, 3.05) is 19.6 Å². The van der Waals surface area contributed by atoms with E-state index in [1.165, 1.54) is 0 Å². The van der Waals surface area contributed by atoms with Gasteiger partial charge in [-0.15, -0.1) is 0 Å². The summed E-state index contributed by atoms with van der Waals surface area (Å²) < 4.78 is 13.6. The van der Waals surface area contributed by atoms with Gasteiger partial charge in [-0.2, -0.15) is 0 Å². The molecular formula is C14H18FN3O3. The van der Waals surface area contributed by atoms with Crippen LogP contribution in [0.25, 0.3) is 0 Å². The van der Waals surface area contributed by atoms with E-state index in [1.807, 2.05) is 0 Å². The highest BCUT2D eigenvalue weighted by Gasteiger charge is 2.24. The Kier molecular flexibility index (Phi) is 4.85. The summed E-state index contributed by atoms with van der Waals surface area (Å²) in [4.78, 5) is 24.3. The number of hydrogen-bond donors (Lipinski definition) is 1. The van der Waals surface area contributed by atoms with Gasteiger partial charge in [-0.25, -0.2) is 4.39 Å². The number of non-ortho nitro benzene ring substituents is 1. The van der Waals surface area contributed by atoms with Crippen LogP contribution in [-0.4, -0.2) is 41.4 Å². The van der Waals surface area contributed by atoms with Gasteiger partial charge in [-0.3, -0.25) is 19.8 Å². The van der Waals surface area contributed by atoms with E-state index in [0.717, 1.165) is 44.1 Å². The van der Waals surface area contributed by atoms with Gasteiger partial charge in [-0.05, 0) is 32.0 Å². The summed E-state index contributed by atoms with van der Waals surface area (Å²) in [5.74, 6) is -1.36. The molecule has 0 radical (unpaired) electrons. The molecule has 1 saturated heterocycles. The molecule has 1 N–H and O–H groups in total. The second kappa shape index (κ2) is 6.62. The average molecular weight is 295 g/mol. The standard InChI is InChI=1S/C14H18FN3O3/c1-2-17-7-3-4-11(17)9-16-14(19)12-8-10(18(20)21)5-6-13(12)15/h5-6,8,11H,2-4,7,9H2,1H3,(H,16,19). The quantitative estimate of drug-likeness (QED) is 0.665. The predicted molar refractivity (Wildman–Crippen MR) is 75.7 cm³/mol. The molecule has 114 valence electrons. The summed E-state index contributed by atoms with van der Waals surface area (Å²) >= 11 is 0. The van der Waals surface area contributed by atoms with Crippen molar-refractivity contribution in [2.24, 2.45) is 0 Å². The molecule has 0 aliphatic carbocycles. The molecule has 0 aromatic heterocycles. The first kappa shape index (κ1) is 15.4. The monoisotopic (exact) mass is 295 g/mol. The molecular weight excluding hydrogens is 277 g/mol. The third kappa shape index (κ3) is 3.55. The van der Waals surface area contributed by atoms with Crippen molar-refractivity contribution in [3.05, 3.63) is 39.7 Å². The lowest BCUT2D eigenvalue weighted by Gasteiger charge is -2.22. The molecule has 1 aliphatic heterocycles. The highest BCUT2D eigenvalue weighted by Crippen LogP contribution is 2.18. The van der Waals surface area contributed by atoms with Gasteiger partial charge >= 0.3 is 0 Å². The van der Waals surface area contributed by atoms with E-state index in [-0.39, 0.29) is 17.3 Å². The van der Waals surface area contributed by atoms with Crippen LogP contribution in [0.15, 0.2) is 18.2 Å². The van der Waals surface area contributed by atoms with Crippen molar-refractivity contribution in [3.63, 3.8) is 0 Å². The Morgan fingerprint density at radius 2 is 2.33 bits per heavy atom. The Morgan fingerprint density at radius 3 is 3.00 bits per heavy atom. The maximum Gasteiger partial charge on any atom is 0.270 e. The normalized spacial score (nSPS) is 18.7. The third-order valence-electron chi connectivity index (χ3n) is 3.81. The van der Waals surface area contributed by atoms with E-state index < -0.39 is 16.6 Å². The number of benzene rings is 1. The van der Waals surface area contributed by atoms with E-state index in [1.54, 1.807) is 0 Å². The third-order valence-corrected chi connectivity index (χ3v) is 3.81. The molecule has 1 atom stereocenters. The maximum atomic E-state index is 13.6. The molecule has 1 aromatic rings. The zero-order chi connectivity index (χ0) is 15.4. The molecule has 0 spiro atoms. The number of carbonyl (C=O) groups is 1. The molecule has 1 aliphatic rings. The number of carbonyl (C=O) groups excluding carboxylic acids is 1. The van der Waals surface area contributed by atoms with Crippen molar-refractivity contribution in [1.29, 1.82) is 0 Å². The van der Waals surface area contributed by atoms with Crippen LogP contribution in [0.5, 0.6) is 0 Å². The van der Waals surface area contributed by atoms with Gasteiger partial charge in [0.2, 0.25) is 0 Å². The minimum atomic E-state index is -0.753. The molecule has 1 unspecified atom stereocenters. The smallest absolute Gasteiger partial charge is 0.270 e. The molecule has 1 fully saturated rings. The Hall–Kier alpha value is -2.02. The molecule has 0 saturated carbocycles. The van der Waals surface area contributed by atoms with Crippen molar-refractivity contribution in [1.82, 2.24) is 10.2 Å². The molecule has 1 aromatic carbocycles. The fraction of sp³-hybridized carbons (Fsp3) is 0.500. The number of amides is 1. The fourth-order valence-corrected chi connectivity index (χ4v) is 2.65. The minimum Gasteiger partial charge on any atom is -0.350 e. The molecule has 1 heterocycles. The summed E-state index contributed by atoms with van der Waals surface area (Å²) in [6.45, 7) is 4.39. The summed E-state index contributed by atoms with van der Waals surface area (Å²) in [6.07, 6.45) is 2.07. The highest BCUT2D eigenvalue weighted by atomic mass is 19.1. The molecule has 21 heavy (non-hydrogen) atoms. The van der Waals surface area contributed by atoms with Crippen molar-refractivity contribution >= 4 is 11.6 Å². The van der Waals surface area contributed by atoms with Crippen LogP contribution in [-0.2, 0) is 0 Å². The fourth-order valence-electron chi connectivity index (χ4n) is 2.65. The number of rotatable bonds is 5. The molecule has 6 nitrogen and oxygen atoms in total. The second-order valence-electron chi connectivity index (χ2n) is 5.06. The first-order chi connectivity index (χ1) is 10.0. The van der Waals surface area contributed by atoms with E-state index in [2.05, 4.69) is 17.1 Å². The van der Waals surface area contributed by atoms with Crippen LogP contribution in [0.1, 0.15) is 30.1 Å². The SMILES string of the molecule is CCN1CCCC1CNC(=O)c1cc([N+](=O)[O-])ccc1F. The number of likely N-dealkylation sites (tertiary alicyclic amines) is 1. The highest BCUT2D eigenvalue weighted by molar-refractivity contribution is 5.95. The molecule has 1 amide bonds. The first-order valence-electron chi connectivity index (χ1n) is 6.99. The molecule has 2 rings (SSSR count). The predicted octanol–water partition coefficient (Wildman–Crippen LogP) is 1.95. The zero-order valence-corrected chi connectivity index (χ0v) is 11.8. The van der Waals surface area contributed by atoms with Crippen LogP contribution >= 0.6 is 0 Å². The van der Waals surface area contributed by atoms with Gasteiger partial charge in [0.05, 0.1) is 10.5 Å². The van der Waals surface area contributed by atoms with E-state index in [4.69, 9.17) is 0 Å². The van der Waals surface area contributed by atoms with Crippen LogP contribution < -0.4 is 5.32 Å². The summed E-state index contributed by atoms with van der Waals surface area (Å²) in [6, 6.07) is 3.21.